The molecule has 1 aromatic rings. The summed E-state index contributed by atoms with van der Waals surface area (Å²) >= 11 is 0. The molecule has 1 N–H and O–H groups in total. The van der Waals surface area contributed by atoms with E-state index < -0.39 is 0 Å². The summed E-state index contributed by atoms with van der Waals surface area (Å²) < 4.78 is 0. The maximum absolute atomic E-state index is 12.1. The van der Waals surface area contributed by atoms with Crippen molar-refractivity contribution in [1.29, 1.82) is 0 Å². The molecule has 0 aliphatic carbocycles. The molecule has 0 aromatic heterocycles. The largest absolute Gasteiger partial charge is 0.341 e. The summed E-state index contributed by atoms with van der Waals surface area (Å²) in [6, 6.07) is 5.84. The van der Waals surface area contributed by atoms with Crippen molar-refractivity contribution in [3.8, 4) is 0 Å². The predicted octanol–water partition coefficient (Wildman–Crippen LogP) is 2.04. The van der Waals surface area contributed by atoms with E-state index in [0.717, 1.165) is 23.4 Å². The van der Waals surface area contributed by atoms with Crippen LogP contribution >= 0.6 is 0 Å². The monoisotopic (exact) mass is 305 g/mol. The van der Waals surface area contributed by atoms with Crippen molar-refractivity contribution < 1.29 is 9.59 Å². The molecule has 1 aromatic carbocycles. The molecule has 0 heterocycles. The number of nitrogens with one attached hydrogen (secondary N) is 1. The number of carbonyl (C=O) groups excluding carboxylic acids is 2. The smallest absolute Gasteiger partial charge is 0.226 e. The van der Waals surface area contributed by atoms with E-state index in [1.54, 1.807) is 4.90 Å². The number of anilines is 1. The molecule has 0 saturated carbocycles. The SMILES string of the molecule is CC(=O)N(CCC(=O)Nc1cccc(C)c1C)CCN(C)C. The summed E-state index contributed by atoms with van der Waals surface area (Å²) in [5, 5.41) is 2.92. The molecule has 0 aliphatic heterocycles. The lowest BCUT2D eigenvalue weighted by molar-refractivity contribution is -0.129. The molecule has 0 saturated heterocycles. The fourth-order valence-corrected chi connectivity index (χ4v) is 2.08. The second kappa shape index (κ2) is 8.54. The van der Waals surface area contributed by atoms with Crippen molar-refractivity contribution in [2.45, 2.75) is 27.2 Å². The van der Waals surface area contributed by atoms with Gasteiger partial charge in [-0.25, -0.2) is 0 Å². The first kappa shape index (κ1) is 18.2. The average Bonchev–Trinajstić information content (AvgIpc) is 2.43. The lowest BCUT2D eigenvalue weighted by Crippen LogP contribution is -2.37. The van der Waals surface area contributed by atoms with E-state index in [9.17, 15) is 9.59 Å². The number of aryl methyl sites for hydroxylation is 1. The Morgan fingerprint density at radius 1 is 1.09 bits per heavy atom. The van der Waals surface area contributed by atoms with Gasteiger partial charge in [-0.15, -0.1) is 0 Å². The van der Waals surface area contributed by atoms with E-state index >= 15 is 0 Å². The summed E-state index contributed by atoms with van der Waals surface area (Å²) in [4.78, 5) is 27.4. The van der Waals surface area contributed by atoms with Crippen LogP contribution in [0, 0.1) is 13.8 Å². The molecule has 5 nitrogen and oxygen atoms in total. The van der Waals surface area contributed by atoms with Crippen molar-refractivity contribution in [2.24, 2.45) is 0 Å². The number of hydrogen-bond donors (Lipinski definition) is 1. The quantitative estimate of drug-likeness (QED) is 0.839. The molecule has 0 radical (unpaired) electrons. The standard InChI is InChI=1S/C17H27N3O2/c1-13-7-6-8-16(14(13)2)18-17(22)9-10-20(15(3)21)12-11-19(4)5/h6-8H,9-12H2,1-5H3,(H,18,22). The number of rotatable bonds is 7. The molecular weight excluding hydrogens is 278 g/mol. The molecule has 0 atom stereocenters. The summed E-state index contributed by atoms with van der Waals surface area (Å²) in [7, 11) is 3.93. The highest BCUT2D eigenvalue weighted by Crippen LogP contribution is 2.18. The molecule has 122 valence electrons. The summed E-state index contributed by atoms with van der Waals surface area (Å²) in [6.07, 6.45) is 0.306. The van der Waals surface area contributed by atoms with E-state index in [-0.39, 0.29) is 11.8 Å². The van der Waals surface area contributed by atoms with Crippen LogP contribution in [0.25, 0.3) is 0 Å². The highest BCUT2D eigenvalue weighted by Gasteiger charge is 2.12. The van der Waals surface area contributed by atoms with Crippen molar-refractivity contribution in [1.82, 2.24) is 9.80 Å². The molecule has 5 heteroatoms. The van der Waals surface area contributed by atoms with Crippen LogP contribution in [0.5, 0.6) is 0 Å². The zero-order valence-corrected chi connectivity index (χ0v) is 14.3. The molecule has 1 rings (SSSR count). The minimum atomic E-state index is -0.0650. The average molecular weight is 305 g/mol. The van der Waals surface area contributed by atoms with Gasteiger partial charge in [-0.2, -0.15) is 0 Å². The van der Waals surface area contributed by atoms with Crippen LogP contribution in [-0.4, -0.2) is 55.3 Å². The lowest BCUT2D eigenvalue weighted by atomic mass is 10.1. The van der Waals surface area contributed by atoms with Crippen molar-refractivity contribution >= 4 is 17.5 Å². The van der Waals surface area contributed by atoms with Gasteiger partial charge in [0.2, 0.25) is 11.8 Å². The van der Waals surface area contributed by atoms with Crippen LogP contribution in [0.15, 0.2) is 18.2 Å². The van der Waals surface area contributed by atoms with Crippen LogP contribution in [0.3, 0.4) is 0 Å². The van der Waals surface area contributed by atoms with E-state index in [2.05, 4.69) is 5.32 Å². The van der Waals surface area contributed by atoms with Crippen molar-refractivity contribution in [2.75, 3.05) is 39.0 Å². The number of benzene rings is 1. The van der Waals surface area contributed by atoms with Crippen LogP contribution in [0.1, 0.15) is 24.5 Å². The maximum atomic E-state index is 12.1. The van der Waals surface area contributed by atoms with Crippen LogP contribution in [0.4, 0.5) is 5.69 Å². The zero-order valence-electron chi connectivity index (χ0n) is 14.3. The third-order valence-corrected chi connectivity index (χ3v) is 3.75. The molecule has 0 spiro atoms. The van der Waals surface area contributed by atoms with Gasteiger partial charge >= 0.3 is 0 Å². The lowest BCUT2D eigenvalue weighted by Gasteiger charge is -2.22. The molecular formula is C17H27N3O2. The van der Waals surface area contributed by atoms with Gasteiger partial charge in [0.1, 0.15) is 0 Å². The first-order valence-corrected chi connectivity index (χ1v) is 7.57. The molecule has 0 bridgehead atoms. The van der Waals surface area contributed by atoms with Crippen molar-refractivity contribution in [3.05, 3.63) is 29.3 Å². The number of carbonyl (C=O) groups is 2. The Morgan fingerprint density at radius 2 is 1.77 bits per heavy atom. The van der Waals surface area contributed by atoms with Crippen molar-refractivity contribution in [3.63, 3.8) is 0 Å². The Bertz CT molecular complexity index is 527. The van der Waals surface area contributed by atoms with Gasteiger partial charge in [-0.1, -0.05) is 12.1 Å². The highest BCUT2D eigenvalue weighted by molar-refractivity contribution is 5.92. The van der Waals surface area contributed by atoms with Gasteiger partial charge < -0.3 is 15.1 Å². The number of hydrogen-bond acceptors (Lipinski definition) is 3. The van der Waals surface area contributed by atoms with E-state index in [4.69, 9.17) is 0 Å². The number of likely N-dealkylation sites (N-methyl/N-ethyl adjacent to an activating group) is 1. The van der Waals surface area contributed by atoms with Gasteiger partial charge in [-0.05, 0) is 45.1 Å². The Hall–Kier alpha value is -1.88. The minimum Gasteiger partial charge on any atom is -0.341 e. The van der Waals surface area contributed by atoms with Crippen LogP contribution in [-0.2, 0) is 9.59 Å². The maximum Gasteiger partial charge on any atom is 0.226 e. The summed E-state index contributed by atoms with van der Waals surface area (Å²) in [5.41, 5.74) is 3.06. The van der Waals surface area contributed by atoms with Gasteiger partial charge in [-0.3, -0.25) is 9.59 Å². The molecule has 2 amide bonds. The Labute approximate surface area is 133 Å². The van der Waals surface area contributed by atoms with E-state index in [1.165, 1.54) is 6.92 Å². The van der Waals surface area contributed by atoms with Crippen LogP contribution < -0.4 is 5.32 Å². The molecule has 0 fully saturated rings. The first-order valence-electron chi connectivity index (χ1n) is 7.57. The highest BCUT2D eigenvalue weighted by atomic mass is 16.2. The van der Waals surface area contributed by atoms with E-state index in [0.29, 0.717) is 19.5 Å². The fourth-order valence-electron chi connectivity index (χ4n) is 2.08. The molecule has 22 heavy (non-hydrogen) atoms. The Morgan fingerprint density at radius 3 is 2.36 bits per heavy atom. The summed E-state index contributed by atoms with van der Waals surface area (Å²) in [6.45, 7) is 7.42. The fraction of sp³-hybridized carbons (Fsp3) is 0.529. The van der Waals surface area contributed by atoms with E-state index in [1.807, 2.05) is 51.0 Å². The van der Waals surface area contributed by atoms with Crippen LogP contribution in [0.2, 0.25) is 0 Å². The Balaban J connectivity index is 2.53. The Kier molecular flexibility index (Phi) is 7.05. The predicted molar refractivity (Wildman–Crippen MR) is 90.0 cm³/mol. The minimum absolute atomic E-state index is 0.00128. The van der Waals surface area contributed by atoms with Gasteiger partial charge in [0, 0.05) is 38.7 Å². The number of nitrogens with zero attached hydrogens (tertiary/aromatic N) is 2. The zero-order chi connectivity index (χ0) is 16.7. The second-order valence-electron chi connectivity index (χ2n) is 5.85. The van der Waals surface area contributed by atoms with Gasteiger partial charge in [0.15, 0.2) is 0 Å². The number of amides is 2. The van der Waals surface area contributed by atoms with Gasteiger partial charge in [0.05, 0.1) is 0 Å². The topological polar surface area (TPSA) is 52.7 Å². The second-order valence-corrected chi connectivity index (χ2v) is 5.85. The normalized spacial score (nSPS) is 10.6. The molecule has 0 aliphatic rings. The van der Waals surface area contributed by atoms with Gasteiger partial charge in [0.25, 0.3) is 0 Å². The summed E-state index contributed by atoms with van der Waals surface area (Å²) in [5.74, 6) is -0.0637. The third-order valence-electron chi connectivity index (χ3n) is 3.75. The first-order chi connectivity index (χ1) is 10.3. The third kappa shape index (κ3) is 5.85. The molecule has 0 unspecified atom stereocenters.